The van der Waals surface area contributed by atoms with E-state index >= 15 is 0 Å². The number of carbonyl (C=O) groups is 1. The van der Waals surface area contributed by atoms with Crippen LogP contribution in [-0.2, 0) is 12.5 Å². The molecule has 0 radical (unpaired) electrons. The number of imidazole rings is 1. The molecule has 0 aliphatic heterocycles. The van der Waals surface area contributed by atoms with Gasteiger partial charge in [0.1, 0.15) is 17.2 Å². The van der Waals surface area contributed by atoms with Crippen molar-refractivity contribution in [2.75, 3.05) is 0 Å². The number of aromatic nitrogens is 2. The van der Waals surface area contributed by atoms with Crippen LogP contribution in [0, 0.1) is 0 Å². The van der Waals surface area contributed by atoms with E-state index in [0.29, 0.717) is 11.4 Å². The SMILES string of the molecule is CC(NC(=O)c1c(-c2ccc(C(C)(C)C)cc2)nc(-c2ccccc2)n1C)c1ccccc1. The van der Waals surface area contributed by atoms with Crippen LogP contribution in [-0.4, -0.2) is 15.5 Å². The van der Waals surface area contributed by atoms with E-state index in [1.165, 1.54) is 5.56 Å². The van der Waals surface area contributed by atoms with Crippen LogP contribution in [0.15, 0.2) is 84.9 Å². The zero-order chi connectivity index (χ0) is 23.6. The Morgan fingerprint density at radius 1 is 0.848 bits per heavy atom. The van der Waals surface area contributed by atoms with Gasteiger partial charge in [-0.2, -0.15) is 0 Å². The number of nitrogens with one attached hydrogen (secondary N) is 1. The molecule has 3 aromatic carbocycles. The topological polar surface area (TPSA) is 46.9 Å². The Kier molecular flexibility index (Phi) is 6.19. The van der Waals surface area contributed by atoms with Gasteiger partial charge in [-0.1, -0.05) is 106 Å². The highest BCUT2D eigenvalue weighted by Gasteiger charge is 2.25. The van der Waals surface area contributed by atoms with Crippen molar-refractivity contribution >= 4 is 5.91 Å². The zero-order valence-electron chi connectivity index (χ0n) is 20.0. The molecule has 0 saturated carbocycles. The van der Waals surface area contributed by atoms with Crippen LogP contribution in [0.5, 0.6) is 0 Å². The van der Waals surface area contributed by atoms with Gasteiger partial charge < -0.3 is 9.88 Å². The van der Waals surface area contributed by atoms with Gasteiger partial charge in [0.15, 0.2) is 0 Å². The van der Waals surface area contributed by atoms with E-state index in [0.717, 1.165) is 22.5 Å². The smallest absolute Gasteiger partial charge is 0.270 e. The molecular formula is C29H31N3O. The molecule has 33 heavy (non-hydrogen) atoms. The Labute approximate surface area is 196 Å². The Morgan fingerprint density at radius 3 is 2.00 bits per heavy atom. The molecule has 0 saturated heterocycles. The average Bonchev–Trinajstić information content (AvgIpc) is 3.17. The summed E-state index contributed by atoms with van der Waals surface area (Å²) in [7, 11) is 1.91. The number of nitrogens with zero attached hydrogens (tertiary/aromatic N) is 2. The molecule has 1 heterocycles. The van der Waals surface area contributed by atoms with Gasteiger partial charge in [0.25, 0.3) is 5.91 Å². The summed E-state index contributed by atoms with van der Waals surface area (Å²) in [4.78, 5) is 18.5. The molecule has 1 aromatic heterocycles. The Morgan fingerprint density at radius 2 is 1.42 bits per heavy atom. The molecule has 0 bridgehead atoms. The summed E-state index contributed by atoms with van der Waals surface area (Å²) in [5, 5.41) is 3.16. The standard InChI is InChI=1S/C29H31N3O/c1-20(21-12-8-6-9-13-21)30-28(33)26-25(22-16-18-24(19-17-22)29(2,3)4)31-27(32(26)5)23-14-10-7-11-15-23/h6-20H,1-5H3,(H,30,33). The Hall–Kier alpha value is -3.66. The van der Waals surface area contributed by atoms with Crippen molar-refractivity contribution in [2.24, 2.45) is 7.05 Å². The number of carbonyl (C=O) groups excluding carboxylic acids is 1. The third-order valence-electron chi connectivity index (χ3n) is 6.01. The summed E-state index contributed by atoms with van der Waals surface area (Å²) >= 11 is 0. The van der Waals surface area contributed by atoms with Crippen molar-refractivity contribution in [3.63, 3.8) is 0 Å². The fourth-order valence-electron chi connectivity index (χ4n) is 4.02. The lowest BCUT2D eigenvalue weighted by Crippen LogP contribution is -2.28. The van der Waals surface area contributed by atoms with Crippen molar-refractivity contribution in [3.8, 4) is 22.6 Å². The minimum atomic E-state index is -0.140. The van der Waals surface area contributed by atoms with Crippen molar-refractivity contribution in [1.29, 1.82) is 0 Å². The van der Waals surface area contributed by atoms with Crippen LogP contribution in [0.1, 0.15) is 55.4 Å². The van der Waals surface area contributed by atoms with Gasteiger partial charge in [-0.15, -0.1) is 0 Å². The van der Waals surface area contributed by atoms with E-state index in [-0.39, 0.29) is 17.4 Å². The monoisotopic (exact) mass is 437 g/mol. The molecular weight excluding hydrogens is 406 g/mol. The summed E-state index contributed by atoms with van der Waals surface area (Å²) in [6, 6.07) is 28.2. The highest BCUT2D eigenvalue weighted by molar-refractivity contribution is 5.99. The maximum absolute atomic E-state index is 13.5. The minimum Gasteiger partial charge on any atom is -0.344 e. The fraction of sp³-hybridized carbons (Fsp3) is 0.241. The molecule has 4 rings (SSSR count). The predicted octanol–water partition coefficient (Wildman–Crippen LogP) is 6.54. The van der Waals surface area contributed by atoms with Crippen LogP contribution in [0.3, 0.4) is 0 Å². The molecule has 0 spiro atoms. The number of rotatable bonds is 5. The van der Waals surface area contributed by atoms with Crippen molar-refractivity contribution < 1.29 is 4.79 Å². The van der Waals surface area contributed by atoms with E-state index in [9.17, 15) is 4.79 Å². The van der Waals surface area contributed by atoms with Crippen molar-refractivity contribution in [3.05, 3.63) is 102 Å². The molecule has 1 atom stereocenters. The highest BCUT2D eigenvalue weighted by atomic mass is 16.2. The summed E-state index contributed by atoms with van der Waals surface area (Å²) in [5.74, 6) is 0.626. The molecule has 4 nitrogen and oxygen atoms in total. The molecule has 0 fully saturated rings. The minimum absolute atomic E-state index is 0.0587. The van der Waals surface area contributed by atoms with Crippen molar-refractivity contribution in [2.45, 2.75) is 39.2 Å². The Bertz CT molecular complexity index is 1230. The molecule has 4 aromatic rings. The molecule has 1 unspecified atom stereocenters. The largest absolute Gasteiger partial charge is 0.344 e. The number of hydrogen-bond donors (Lipinski definition) is 1. The maximum Gasteiger partial charge on any atom is 0.270 e. The Balaban J connectivity index is 1.77. The van der Waals surface area contributed by atoms with Gasteiger partial charge >= 0.3 is 0 Å². The van der Waals surface area contributed by atoms with E-state index in [4.69, 9.17) is 4.98 Å². The number of hydrogen-bond acceptors (Lipinski definition) is 2. The first-order valence-corrected chi connectivity index (χ1v) is 11.3. The molecule has 0 aliphatic carbocycles. The van der Waals surface area contributed by atoms with E-state index in [2.05, 4.69) is 50.4 Å². The zero-order valence-corrected chi connectivity index (χ0v) is 20.0. The van der Waals surface area contributed by atoms with E-state index in [1.807, 2.05) is 79.2 Å². The first-order valence-electron chi connectivity index (χ1n) is 11.3. The summed E-state index contributed by atoms with van der Waals surface area (Å²) in [6.45, 7) is 8.58. The second kappa shape index (κ2) is 9.07. The van der Waals surface area contributed by atoms with Crippen LogP contribution in [0.25, 0.3) is 22.6 Å². The quantitative estimate of drug-likeness (QED) is 0.385. The van der Waals surface area contributed by atoms with E-state index in [1.54, 1.807) is 0 Å². The lowest BCUT2D eigenvalue weighted by molar-refractivity contribution is 0.0932. The van der Waals surface area contributed by atoms with Crippen LogP contribution < -0.4 is 5.32 Å². The molecule has 168 valence electrons. The fourth-order valence-corrected chi connectivity index (χ4v) is 4.02. The lowest BCUT2D eigenvalue weighted by Gasteiger charge is -2.19. The predicted molar refractivity (Wildman–Crippen MR) is 135 cm³/mol. The normalized spacial score (nSPS) is 12.4. The number of amides is 1. The van der Waals surface area contributed by atoms with Gasteiger partial charge in [0.2, 0.25) is 0 Å². The summed E-state index contributed by atoms with van der Waals surface area (Å²) in [5.41, 5.74) is 5.51. The second-order valence-electron chi connectivity index (χ2n) is 9.49. The summed E-state index contributed by atoms with van der Waals surface area (Å²) < 4.78 is 1.90. The molecule has 0 aliphatic rings. The van der Waals surface area contributed by atoms with Gasteiger partial charge in [0, 0.05) is 18.2 Å². The molecule has 4 heteroatoms. The van der Waals surface area contributed by atoms with Crippen LogP contribution in [0.2, 0.25) is 0 Å². The lowest BCUT2D eigenvalue weighted by atomic mass is 9.86. The van der Waals surface area contributed by atoms with Crippen LogP contribution >= 0.6 is 0 Å². The average molecular weight is 438 g/mol. The van der Waals surface area contributed by atoms with Gasteiger partial charge in [-0.25, -0.2) is 4.98 Å². The second-order valence-corrected chi connectivity index (χ2v) is 9.49. The first-order chi connectivity index (χ1) is 15.8. The summed E-state index contributed by atoms with van der Waals surface area (Å²) in [6.07, 6.45) is 0. The van der Waals surface area contributed by atoms with Gasteiger partial charge in [-0.05, 0) is 23.5 Å². The maximum atomic E-state index is 13.5. The number of benzene rings is 3. The van der Waals surface area contributed by atoms with E-state index < -0.39 is 0 Å². The molecule has 1 N–H and O–H groups in total. The molecule has 1 amide bonds. The highest BCUT2D eigenvalue weighted by Crippen LogP contribution is 2.31. The third kappa shape index (κ3) is 4.75. The van der Waals surface area contributed by atoms with Gasteiger partial charge in [0.05, 0.1) is 6.04 Å². The first kappa shape index (κ1) is 22.5. The van der Waals surface area contributed by atoms with Gasteiger partial charge in [-0.3, -0.25) is 4.79 Å². The van der Waals surface area contributed by atoms with Crippen molar-refractivity contribution in [1.82, 2.24) is 14.9 Å². The van der Waals surface area contributed by atoms with Crippen LogP contribution in [0.4, 0.5) is 0 Å². The third-order valence-corrected chi connectivity index (χ3v) is 6.01.